The van der Waals surface area contributed by atoms with Crippen molar-refractivity contribution in [3.63, 3.8) is 0 Å². The number of aromatic nitrogens is 1. The summed E-state index contributed by atoms with van der Waals surface area (Å²) in [4.78, 5) is 19.1. The number of pyridine rings is 1. The Kier molecular flexibility index (Phi) is 10.9. The zero-order valence-electron chi connectivity index (χ0n) is 20.5. The van der Waals surface area contributed by atoms with E-state index in [9.17, 15) is 4.79 Å². The number of nitrogens with two attached hydrogens (primary N) is 1. The molecule has 0 spiro atoms. The maximum absolute atomic E-state index is 12.0. The molecule has 0 bridgehead atoms. The van der Waals surface area contributed by atoms with Crippen LogP contribution in [-0.4, -0.2) is 29.9 Å². The number of aryl methyl sites for hydroxylation is 1. The van der Waals surface area contributed by atoms with Gasteiger partial charge in [0.1, 0.15) is 4.64 Å². The van der Waals surface area contributed by atoms with Gasteiger partial charge in [0.25, 0.3) is 5.91 Å². The summed E-state index contributed by atoms with van der Waals surface area (Å²) in [7, 11) is 3.35. The third-order valence-electron chi connectivity index (χ3n) is 5.07. The minimum Gasteiger partial charge on any atom is -0.353 e. The van der Waals surface area contributed by atoms with Gasteiger partial charge in [0.2, 0.25) is 0 Å². The van der Waals surface area contributed by atoms with E-state index in [1.54, 1.807) is 16.2 Å². The quantitative estimate of drug-likeness (QED) is 0.289. The Hall–Kier alpha value is -3.06. The van der Waals surface area contributed by atoms with E-state index in [1.165, 1.54) is 33.5 Å². The van der Waals surface area contributed by atoms with Crippen molar-refractivity contribution < 1.29 is 4.79 Å². The monoisotopic (exact) mass is 491 g/mol. The Labute approximate surface area is 212 Å². The molecule has 4 nitrogen and oxygen atoms in total. The van der Waals surface area contributed by atoms with Crippen molar-refractivity contribution >= 4 is 29.5 Å². The van der Waals surface area contributed by atoms with Crippen LogP contribution in [0.25, 0.3) is 20.9 Å². The summed E-state index contributed by atoms with van der Waals surface area (Å²) in [6, 6.07) is 24.6. The highest BCUT2D eigenvalue weighted by atomic mass is 32.1. The second-order valence-corrected chi connectivity index (χ2v) is 8.76. The lowest BCUT2D eigenvalue weighted by molar-refractivity contribution is 0.0816. The summed E-state index contributed by atoms with van der Waals surface area (Å²) in [6.07, 6.45) is 1.81. The summed E-state index contributed by atoms with van der Waals surface area (Å²) >= 11 is 6.56. The number of carbonyl (C=O) groups excluding carboxylic acids is 1. The molecule has 0 saturated carbocycles. The first kappa shape index (κ1) is 27.2. The number of nitrogens with one attached hydrogen (secondary N) is 1. The molecule has 3 N–H and O–H groups in total. The van der Waals surface area contributed by atoms with Crippen molar-refractivity contribution in [3.05, 3.63) is 100 Å². The Morgan fingerprint density at radius 3 is 2.21 bits per heavy atom. The third-order valence-corrected chi connectivity index (χ3v) is 6.49. The topological polar surface area (TPSA) is 62.1 Å². The van der Waals surface area contributed by atoms with E-state index in [-0.39, 0.29) is 5.91 Å². The fraction of sp³-hybridized carbons (Fsp3) is 0.214. The number of amides is 1. The number of thiophene rings is 1. The fourth-order valence-corrected chi connectivity index (χ4v) is 4.72. The summed E-state index contributed by atoms with van der Waals surface area (Å²) < 4.78 is 0.780. The van der Waals surface area contributed by atoms with Crippen LogP contribution in [0, 0.1) is 11.6 Å². The lowest BCUT2D eigenvalue weighted by atomic mass is 10.0. The maximum Gasteiger partial charge on any atom is 0.254 e. The third kappa shape index (κ3) is 6.73. The minimum absolute atomic E-state index is 0.123. The Morgan fingerprint density at radius 2 is 1.59 bits per heavy atom. The van der Waals surface area contributed by atoms with Crippen molar-refractivity contribution in [2.24, 2.45) is 5.73 Å². The molecule has 0 aliphatic carbocycles. The molecule has 0 unspecified atom stereocenters. The molecule has 0 saturated heterocycles. The molecule has 178 valence electrons. The van der Waals surface area contributed by atoms with Crippen LogP contribution in [0.1, 0.15) is 35.3 Å². The van der Waals surface area contributed by atoms with Crippen LogP contribution in [0.15, 0.2) is 79.0 Å². The number of hydrogen-bond acceptors (Lipinski definition) is 4. The van der Waals surface area contributed by atoms with E-state index in [1.807, 2.05) is 51.4 Å². The van der Waals surface area contributed by atoms with Gasteiger partial charge in [-0.1, -0.05) is 62.5 Å². The summed E-state index contributed by atoms with van der Waals surface area (Å²) in [5.41, 5.74) is 10.2. The van der Waals surface area contributed by atoms with E-state index in [0.29, 0.717) is 6.54 Å². The van der Waals surface area contributed by atoms with Crippen LogP contribution in [0.4, 0.5) is 0 Å². The molecule has 34 heavy (non-hydrogen) atoms. The predicted molar refractivity (Wildman–Crippen MR) is 149 cm³/mol. The number of rotatable bonds is 2. The van der Waals surface area contributed by atoms with E-state index in [2.05, 4.69) is 66.2 Å². The zero-order valence-corrected chi connectivity index (χ0v) is 22.1. The number of H-pyrrole nitrogens is 1. The van der Waals surface area contributed by atoms with E-state index < -0.39 is 0 Å². The van der Waals surface area contributed by atoms with Gasteiger partial charge in [0.15, 0.2) is 0 Å². The highest BCUT2D eigenvalue weighted by Crippen LogP contribution is 2.37. The molecule has 0 fully saturated rings. The van der Waals surface area contributed by atoms with Gasteiger partial charge in [-0.3, -0.25) is 4.79 Å². The lowest BCUT2D eigenvalue weighted by Gasteiger charge is -2.04. The first-order valence-corrected chi connectivity index (χ1v) is 12.5. The van der Waals surface area contributed by atoms with Gasteiger partial charge in [-0.15, -0.1) is 11.3 Å². The van der Waals surface area contributed by atoms with Gasteiger partial charge < -0.3 is 15.6 Å². The minimum atomic E-state index is 0.123. The van der Waals surface area contributed by atoms with Crippen LogP contribution in [-0.2, 0) is 6.54 Å². The summed E-state index contributed by atoms with van der Waals surface area (Å²) in [6.45, 7) is 6.85. The molecular weight excluding hydrogens is 458 g/mol. The first-order chi connectivity index (χ1) is 16.5. The van der Waals surface area contributed by atoms with Crippen LogP contribution < -0.4 is 5.73 Å². The molecule has 1 amide bonds. The molecule has 2 aromatic heterocycles. The smallest absolute Gasteiger partial charge is 0.254 e. The molecule has 5 rings (SSSR count). The van der Waals surface area contributed by atoms with Gasteiger partial charge in [-0.05, 0) is 72.6 Å². The number of hydrogen-bond donors (Lipinski definition) is 2. The van der Waals surface area contributed by atoms with Crippen LogP contribution in [0.5, 0.6) is 0 Å². The zero-order chi connectivity index (χ0) is 25.1. The average Bonchev–Trinajstić information content (AvgIpc) is 3.47. The van der Waals surface area contributed by atoms with Crippen molar-refractivity contribution in [2.75, 3.05) is 14.1 Å². The highest BCUT2D eigenvalue weighted by Gasteiger charge is 2.24. The first-order valence-electron chi connectivity index (χ1n) is 11.3. The Balaban J connectivity index is 0.000000313. The van der Waals surface area contributed by atoms with Crippen molar-refractivity contribution in [1.82, 2.24) is 9.88 Å². The van der Waals surface area contributed by atoms with E-state index in [0.717, 1.165) is 15.8 Å². The molecule has 0 radical (unpaired) electrons. The number of nitrogens with zero attached hydrogens (tertiary/aromatic N) is 1. The number of aromatic amines is 1. The van der Waals surface area contributed by atoms with Gasteiger partial charge in [0.05, 0.1) is 0 Å². The highest BCUT2D eigenvalue weighted by molar-refractivity contribution is 7.71. The van der Waals surface area contributed by atoms with Gasteiger partial charge in [-0.2, -0.15) is 0 Å². The Bertz CT molecular complexity index is 1240. The van der Waals surface area contributed by atoms with Gasteiger partial charge in [0, 0.05) is 35.1 Å². The Morgan fingerprint density at radius 1 is 0.912 bits per heavy atom. The maximum atomic E-state index is 12.0. The molecular formula is C28H33N3OS2. The molecule has 0 atom stereocenters. The number of benzene rings is 2. The average molecular weight is 492 g/mol. The lowest BCUT2D eigenvalue weighted by Crippen LogP contribution is -2.17. The molecule has 3 heterocycles. The fourth-order valence-electron chi connectivity index (χ4n) is 3.48. The molecule has 4 aromatic rings. The second-order valence-electron chi connectivity index (χ2n) is 7.24. The predicted octanol–water partition coefficient (Wildman–Crippen LogP) is 7.32. The molecule has 6 heteroatoms. The van der Waals surface area contributed by atoms with E-state index >= 15 is 0 Å². The van der Waals surface area contributed by atoms with Crippen LogP contribution in [0.2, 0.25) is 0 Å². The van der Waals surface area contributed by atoms with Crippen molar-refractivity contribution in [1.29, 1.82) is 0 Å². The van der Waals surface area contributed by atoms with Crippen LogP contribution in [0.3, 0.4) is 0 Å². The van der Waals surface area contributed by atoms with Crippen molar-refractivity contribution in [3.8, 4) is 20.9 Å². The molecule has 1 aliphatic rings. The SMILES string of the molecule is CC.CN.Cc1ccccc1-c1ccc(-c2ccc3c(c2)CN(C)C3=O)s1.S=c1cccc[nH]1. The normalized spacial score (nSPS) is 11.2. The molecule has 2 aromatic carbocycles. The second kappa shape index (κ2) is 13.6. The number of fused-ring (bicyclic) bond motifs is 1. The van der Waals surface area contributed by atoms with Gasteiger partial charge in [-0.25, -0.2) is 0 Å². The standard InChI is InChI=1S/C20H17NOS.C5H5NS.C2H6.CH5N/c1-13-5-3-4-6-16(13)19-10-9-18(23-19)14-7-8-17-15(11-14)12-21(2)20(17)22;7-5-3-1-2-4-6-5;2*1-2/h3-11H,12H2,1-2H3;1-4H,(H,6,7);1-2H3;2H2,1H3. The largest absolute Gasteiger partial charge is 0.353 e. The number of carbonyl (C=O) groups is 1. The summed E-state index contributed by atoms with van der Waals surface area (Å²) in [5.74, 6) is 0.123. The molecule has 1 aliphatic heterocycles. The van der Waals surface area contributed by atoms with Crippen molar-refractivity contribution in [2.45, 2.75) is 27.3 Å². The summed E-state index contributed by atoms with van der Waals surface area (Å²) in [5, 5.41) is 0. The van der Waals surface area contributed by atoms with E-state index in [4.69, 9.17) is 12.2 Å². The van der Waals surface area contributed by atoms with Gasteiger partial charge >= 0.3 is 0 Å². The van der Waals surface area contributed by atoms with Crippen LogP contribution >= 0.6 is 23.6 Å².